The summed E-state index contributed by atoms with van der Waals surface area (Å²) in [7, 11) is 0. The van der Waals surface area contributed by atoms with Crippen molar-refractivity contribution in [3.05, 3.63) is 0 Å². The van der Waals surface area contributed by atoms with Gasteiger partial charge in [0.1, 0.15) is 24.9 Å². The standard InChI is InChI=1S/C8H17NO6/c1-2-9-8(14)15-4-6(12)7(13)5(11)3-10/h5-7,10-13H,2-4H2,1H3,(H,9,14)/t5-,6+,7+/m1/s1. The molecule has 0 aliphatic rings. The molecule has 90 valence electrons. The maximum atomic E-state index is 10.8. The van der Waals surface area contributed by atoms with Crippen molar-refractivity contribution in [2.24, 2.45) is 0 Å². The van der Waals surface area contributed by atoms with Gasteiger partial charge in [-0.2, -0.15) is 0 Å². The van der Waals surface area contributed by atoms with Crippen LogP contribution in [0.3, 0.4) is 0 Å². The van der Waals surface area contributed by atoms with E-state index in [1.807, 2.05) is 0 Å². The van der Waals surface area contributed by atoms with Gasteiger partial charge in [0.15, 0.2) is 0 Å². The van der Waals surface area contributed by atoms with E-state index < -0.39 is 37.6 Å². The largest absolute Gasteiger partial charge is 0.447 e. The number of rotatable bonds is 6. The maximum absolute atomic E-state index is 10.8. The van der Waals surface area contributed by atoms with Gasteiger partial charge in [0.2, 0.25) is 0 Å². The van der Waals surface area contributed by atoms with Crippen LogP contribution in [0, 0.1) is 0 Å². The quantitative estimate of drug-likeness (QED) is 0.349. The van der Waals surface area contributed by atoms with Crippen LogP contribution in [0.1, 0.15) is 6.92 Å². The fourth-order valence-electron chi connectivity index (χ4n) is 0.819. The highest BCUT2D eigenvalue weighted by Crippen LogP contribution is 2.00. The highest BCUT2D eigenvalue weighted by atomic mass is 16.6. The molecule has 5 N–H and O–H groups in total. The van der Waals surface area contributed by atoms with E-state index in [0.29, 0.717) is 6.54 Å². The molecule has 0 heterocycles. The summed E-state index contributed by atoms with van der Waals surface area (Å²) >= 11 is 0. The molecule has 0 saturated carbocycles. The van der Waals surface area contributed by atoms with Crippen molar-refractivity contribution in [1.82, 2.24) is 5.32 Å². The molecule has 1 amide bonds. The zero-order chi connectivity index (χ0) is 11.8. The van der Waals surface area contributed by atoms with Crippen molar-refractivity contribution in [2.75, 3.05) is 19.8 Å². The van der Waals surface area contributed by atoms with Crippen LogP contribution in [0.2, 0.25) is 0 Å². The number of carbonyl (C=O) groups excluding carboxylic acids is 1. The molecule has 3 atom stereocenters. The molecule has 0 unspecified atom stereocenters. The summed E-state index contributed by atoms with van der Waals surface area (Å²) in [5.74, 6) is 0. The summed E-state index contributed by atoms with van der Waals surface area (Å²) in [6.45, 7) is 0.947. The first kappa shape index (κ1) is 14.1. The minimum Gasteiger partial charge on any atom is -0.447 e. The van der Waals surface area contributed by atoms with Gasteiger partial charge < -0.3 is 30.5 Å². The van der Waals surface area contributed by atoms with Gasteiger partial charge in [-0.3, -0.25) is 0 Å². The van der Waals surface area contributed by atoms with Crippen LogP contribution < -0.4 is 5.32 Å². The van der Waals surface area contributed by atoms with Gasteiger partial charge in [0.25, 0.3) is 0 Å². The summed E-state index contributed by atoms with van der Waals surface area (Å²) in [4.78, 5) is 10.8. The normalized spacial score (nSPS) is 16.6. The number of nitrogens with one attached hydrogen (secondary N) is 1. The molecular weight excluding hydrogens is 206 g/mol. The Balaban J connectivity index is 3.82. The van der Waals surface area contributed by atoms with E-state index in [4.69, 9.17) is 15.3 Å². The van der Waals surface area contributed by atoms with Gasteiger partial charge >= 0.3 is 6.09 Å². The van der Waals surface area contributed by atoms with Gasteiger partial charge in [-0.15, -0.1) is 0 Å². The number of hydrogen-bond donors (Lipinski definition) is 5. The highest BCUT2D eigenvalue weighted by Gasteiger charge is 2.25. The Bertz CT molecular complexity index is 188. The number of ether oxygens (including phenoxy) is 1. The smallest absolute Gasteiger partial charge is 0.407 e. The molecule has 0 spiro atoms. The highest BCUT2D eigenvalue weighted by molar-refractivity contribution is 5.66. The number of aliphatic hydroxyl groups is 4. The molecule has 0 radical (unpaired) electrons. The van der Waals surface area contributed by atoms with E-state index >= 15 is 0 Å². The van der Waals surface area contributed by atoms with Crippen molar-refractivity contribution in [3.63, 3.8) is 0 Å². The van der Waals surface area contributed by atoms with Crippen molar-refractivity contribution in [2.45, 2.75) is 25.2 Å². The lowest BCUT2D eigenvalue weighted by atomic mass is 10.1. The molecule has 0 aromatic rings. The SMILES string of the molecule is CCNC(=O)OC[C@H](O)[C@@H](O)[C@H](O)CO. The summed E-state index contributed by atoms with van der Waals surface area (Å²) < 4.78 is 4.51. The predicted molar refractivity (Wildman–Crippen MR) is 50.1 cm³/mol. The fraction of sp³-hybridized carbons (Fsp3) is 0.875. The second kappa shape index (κ2) is 7.41. The molecule has 0 aromatic carbocycles. The molecule has 0 saturated heterocycles. The van der Waals surface area contributed by atoms with Crippen LogP contribution in [-0.4, -0.2) is 64.6 Å². The van der Waals surface area contributed by atoms with Gasteiger partial charge in [0.05, 0.1) is 6.61 Å². The summed E-state index contributed by atoms with van der Waals surface area (Å²) in [5, 5.41) is 38.1. The maximum Gasteiger partial charge on any atom is 0.407 e. The second-order valence-corrected chi connectivity index (χ2v) is 2.94. The van der Waals surface area contributed by atoms with Gasteiger partial charge in [-0.05, 0) is 6.92 Å². The average Bonchev–Trinajstić information content (AvgIpc) is 2.24. The number of alkyl carbamates (subject to hydrolysis) is 1. The second-order valence-electron chi connectivity index (χ2n) is 2.94. The number of amides is 1. The molecular formula is C8H17NO6. The minimum absolute atomic E-state index is 0.386. The summed E-state index contributed by atoms with van der Waals surface area (Å²) in [6.07, 6.45) is -5.17. The first-order chi connectivity index (χ1) is 7.02. The van der Waals surface area contributed by atoms with Crippen LogP contribution in [0.25, 0.3) is 0 Å². The molecule has 0 aromatic heterocycles. The topological polar surface area (TPSA) is 119 Å². The number of hydrogen-bond acceptors (Lipinski definition) is 6. The Hall–Kier alpha value is -0.890. The monoisotopic (exact) mass is 223 g/mol. The summed E-state index contributed by atoms with van der Waals surface area (Å²) in [5.41, 5.74) is 0. The molecule has 0 aliphatic carbocycles. The van der Waals surface area contributed by atoms with Crippen LogP contribution >= 0.6 is 0 Å². The van der Waals surface area contributed by atoms with Crippen LogP contribution in [0.4, 0.5) is 4.79 Å². The zero-order valence-corrected chi connectivity index (χ0v) is 8.46. The molecule has 0 bridgehead atoms. The molecule has 15 heavy (non-hydrogen) atoms. The lowest BCUT2D eigenvalue weighted by molar-refractivity contribution is -0.0910. The Morgan fingerprint density at radius 1 is 1.33 bits per heavy atom. The van der Waals surface area contributed by atoms with E-state index in [9.17, 15) is 9.90 Å². The summed E-state index contributed by atoms with van der Waals surface area (Å²) in [6, 6.07) is 0. The van der Waals surface area contributed by atoms with Crippen LogP contribution in [0.15, 0.2) is 0 Å². The lowest BCUT2D eigenvalue weighted by Crippen LogP contribution is -2.42. The van der Waals surface area contributed by atoms with E-state index in [-0.39, 0.29) is 0 Å². The minimum atomic E-state index is -1.55. The lowest BCUT2D eigenvalue weighted by Gasteiger charge is -2.21. The van der Waals surface area contributed by atoms with Gasteiger partial charge in [0, 0.05) is 6.54 Å². The first-order valence-corrected chi connectivity index (χ1v) is 4.58. The van der Waals surface area contributed by atoms with Gasteiger partial charge in [-0.25, -0.2) is 4.79 Å². The van der Waals surface area contributed by atoms with E-state index in [0.717, 1.165) is 0 Å². The van der Waals surface area contributed by atoms with Crippen molar-refractivity contribution < 1.29 is 30.0 Å². The third-order valence-corrected chi connectivity index (χ3v) is 1.68. The zero-order valence-electron chi connectivity index (χ0n) is 8.46. The fourth-order valence-corrected chi connectivity index (χ4v) is 0.819. The van der Waals surface area contributed by atoms with Crippen molar-refractivity contribution >= 4 is 6.09 Å². The van der Waals surface area contributed by atoms with Crippen molar-refractivity contribution in [1.29, 1.82) is 0 Å². The predicted octanol–water partition coefficient (Wildman–Crippen LogP) is -2.19. The van der Waals surface area contributed by atoms with E-state index in [2.05, 4.69) is 10.1 Å². The molecule has 7 nitrogen and oxygen atoms in total. The molecule has 7 heteroatoms. The van der Waals surface area contributed by atoms with Gasteiger partial charge in [-0.1, -0.05) is 0 Å². The third kappa shape index (κ3) is 5.53. The Morgan fingerprint density at radius 2 is 1.93 bits per heavy atom. The van der Waals surface area contributed by atoms with Crippen LogP contribution in [-0.2, 0) is 4.74 Å². The van der Waals surface area contributed by atoms with E-state index in [1.54, 1.807) is 6.92 Å². The third-order valence-electron chi connectivity index (χ3n) is 1.68. The van der Waals surface area contributed by atoms with Crippen LogP contribution in [0.5, 0.6) is 0 Å². The molecule has 0 aliphatic heterocycles. The molecule has 0 fully saturated rings. The molecule has 0 rings (SSSR count). The number of aliphatic hydroxyl groups excluding tert-OH is 4. The Labute approximate surface area is 87.3 Å². The Morgan fingerprint density at radius 3 is 2.40 bits per heavy atom. The Kier molecular flexibility index (Phi) is 6.97. The van der Waals surface area contributed by atoms with E-state index in [1.165, 1.54) is 0 Å². The van der Waals surface area contributed by atoms with Crippen molar-refractivity contribution in [3.8, 4) is 0 Å². The first-order valence-electron chi connectivity index (χ1n) is 4.58. The number of carbonyl (C=O) groups is 1. The average molecular weight is 223 g/mol.